The number of aromatic nitrogens is 1. The van der Waals surface area contributed by atoms with Crippen LogP contribution in [-0.4, -0.2) is 10.9 Å². The Balaban J connectivity index is 2.18. The maximum atomic E-state index is 12.5. The Labute approximate surface area is 72.4 Å². The summed E-state index contributed by atoms with van der Waals surface area (Å²) < 4.78 is 25.0. The highest BCUT2D eigenvalue weighted by atomic mass is 32.1. The van der Waals surface area contributed by atoms with Gasteiger partial charge in [-0.25, -0.2) is 13.8 Å². The van der Waals surface area contributed by atoms with E-state index < -0.39 is 11.5 Å². The van der Waals surface area contributed by atoms with E-state index in [0.29, 0.717) is 5.01 Å². The van der Waals surface area contributed by atoms with Gasteiger partial charge in [-0.1, -0.05) is 0 Å². The number of nitrogens with zero attached hydrogens (tertiary/aromatic N) is 1. The first-order valence-electron chi connectivity index (χ1n) is 3.59. The molecule has 1 fully saturated rings. The van der Waals surface area contributed by atoms with E-state index in [1.807, 2.05) is 0 Å². The second-order valence-electron chi connectivity index (χ2n) is 3.20. The average molecular weight is 190 g/mol. The van der Waals surface area contributed by atoms with Gasteiger partial charge in [0.1, 0.15) is 5.01 Å². The lowest BCUT2D eigenvalue weighted by Crippen LogP contribution is -2.55. The molecule has 0 atom stereocenters. The Morgan fingerprint density at radius 2 is 2.17 bits per heavy atom. The molecule has 1 aliphatic rings. The van der Waals surface area contributed by atoms with Gasteiger partial charge < -0.3 is 5.73 Å². The topological polar surface area (TPSA) is 38.9 Å². The molecule has 1 aromatic rings. The molecule has 2 rings (SSSR count). The summed E-state index contributed by atoms with van der Waals surface area (Å²) in [7, 11) is 0. The fraction of sp³-hybridized carbons (Fsp3) is 0.571. The summed E-state index contributed by atoms with van der Waals surface area (Å²) in [5.74, 6) is -2.58. The summed E-state index contributed by atoms with van der Waals surface area (Å²) >= 11 is 1.34. The van der Waals surface area contributed by atoms with Gasteiger partial charge in [-0.2, -0.15) is 0 Å². The van der Waals surface area contributed by atoms with Crippen molar-refractivity contribution in [1.82, 2.24) is 4.98 Å². The molecule has 12 heavy (non-hydrogen) atoms. The summed E-state index contributed by atoms with van der Waals surface area (Å²) in [6, 6.07) is 0. The molecule has 0 spiro atoms. The highest BCUT2D eigenvalue weighted by Gasteiger charge is 2.56. The van der Waals surface area contributed by atoms with Gasteiger partial charge in [0.25, 0.3) is 5.92 Å². The van der Waals surface area contributed by atoms with Crippen LogP contribution < -0.4 is 5.73 Å². The summed E-state index contributed by atoms with van der Waals surface area (Å²) in [6.45, 7) is 0. The number of nitrogens with two attached hydrogens (primary N) is 1. The molecule has 66 valence electrons. The first-order chi connectivity index (χ1) is 5.52. The first-order valence-corrected chi connectivity index (χ1v) is 4.47. The van der Waals surface area contributed by atoms with E-state index >= 15 is 0 Å². The van der Waals surface area contributed by atoms with Crippen molar-refractivity contribution in [2.45, 2.75) is 24.3 Å². The van der Waals surface area contributed by atoms with Gasteiger partial charge in [-0.15, -0.1) is 11.3 Å². The molecule has 1 saturated carbocycles. The molecule has 0 radical (unpaired) electrons. The predicted octanol–water partition coefficient (Wildman–Crippen LogP) is 1.73. The molecular formula is C7H8F2N2S. The zero-order valence-electron chi connectivity index (χ0n) is 6.26. The highest BCUT2D eigenvalue weighted by molar-refractivity contribution is 7.09. The normalized spacial score (nSPS) is 24.9. The molecule has 0 aliphatic heterocycles. The van der Waals surface area contributed by atoms with Gasteiger partial charge in [-0.05, 0) is 0 Å². The standard InChI is InChI=1S/C7H8F2N2S/c8-7(9)3-6(10,4-7)5-11-1-2-12-5/h1-2H,3-4,10H2. The molecule has 2 N–H and O–H groups in total. The predicted molar refractivity (Wildman–Crippen MR) is 42.2 cm³/mol. The van der Waals surface area contributed by atoms with Crippen LogP contribution in [0.15, 0.2) is 11.6 Å². The van der Waals surface area contributed by atoms with Crippen molar-refractivity contribution >= 4 is 11.3 Å². The number of halogens is 2. The van der Waals surface area contributed by atoms with Crippen molar-refractivity contribution in [3.63, 3.8) is 0 Å². The van der Waals surface area contributed by atoms with Crippen molar-refractivity contribution in [2.75, 3.05) is 0 Å². The minimum absolute atomic E-state index is 0.270. The third kappa shape index (κ3) is 1.13. The lowest BCUT2D eigenvalue weighted by molar-refractivity contribution is -0.125. The number of hydrogen-bond acceptors (Lipinski definition) is 3. The van der Waals surface area contributed by atoms with Crippen LogP contribution in [-0.2, 0) is 5.54 Å². The summed E-state index contributed by atoms with van der Waals surface area (Å²) in [6.07, 6.45) is 1.05. The fourth-order valence-electron chi connectivity index (χ4n) is 1.49. The van der Waals surface area contributed by atoms with Gasteiger partial charge in [0, 0.05) is 24.4 Å². The van der Waals surface area contributed by atoms with E-state index in [0.717, 1.165) is 0 Å². The largest absolute Gasteiger partial charge is 0.319 e. The van der Waals surface area contributed by atoms with Crippen LogP contribution in [0.1, 0.15) is 17.8 Å². The third-order valence-electron chi connectivity index (χ3n) is 2.01. The lowest BCUT2D eigenvalue weighted by atomic mass is 9.75. The van der Waals surface area contributed by atoms with Gasteiger partial charge in [-0.3, -0.25) is 0 Å². The molecule has 1 aliphatic carbocycles. The van der Waals surface area contributed by atoms with Crippen molar-refractivity contribution < 1.29 is 8.78 Å². The van der Waals surface area contributed by atoms with E-state index in [1.165, 1.54) is 11.3 Å². The molecule has 0 saturated heterocycles. The molecule has 0 unspecified atom stereocenters. The second kappa shape index (κ2) is 2.23. The van der Waals surface area contributed by atoms with Crippen LogP contribution >= 0.6 is 11.3 Å². The SMILES string of the molecule is NC1(c2nccs2)CC(F)(F)C1. The van der Waals surface area contributed by atoms with Gasteiger partial charge in [0.2, 0.25) is 0 Å². The van der Waals surface area contributed by atoms with E-state index in [2.05, 4.69) is 4.98 Å². The van der Waals surface area contributed by atoms with Crippen LogP contribution in [0.25, 0.3) is 0 Å². The van der Waals surface area contributed by atoms with Crippen LogP contribution in [0.4, 0.5) is 8.78 Å². The lowest BCUT2D eigenvalue weighted by Gasteiger charge is -2.42. The maximum absolute atomic E-state index is 12.5. The van der Waals surface area contributed by atoms with E-state index in [4.69, 9.17) is 5.73 Å². The Bertz CT molecular complexity index is 276. The summed E-state index contributed by atoms with van der Waals surface area (Å²) in [5.41, 5.74) is 4.85. The molecule has 2 nitrogen and oxygen atoms in total. The molecule has 1 heterocycles. The van der Waals surface area contributed by atoms with Crippen molar-refractivity contribution in [3.05, 3.63) is 16.6 Å². The molecule has 1 aromatic heterocycles. The average Bonchev–Trinajstić information content (AvgIpc) is 2.31. The highest BCUT2D eigenvalue weighted by Crippen LogP contribution is 2.50. The van der Waals surface area contributed by atoms with E-state index in [-0.39, 0.29) is 12.8 Å². The van der Waals surface area contributed by atoms with E-state index in [9.17, 15) is 8.78 Å². The Morgan fingerprint density at radius 1 is 1.50 bits per heavy atom. The van der Waals surface area contributed by atoms with Crippen LogP contribution in [0.5, 0.6) is 0 Å². The van der Waals surface area contributed by atoms with Crippen molar-refractivity contribution in [3.8, 4) is 0 Å². The van der Waals surface area contributed by atoms with Crippen molar-refractivity contribution in [1.29, 1.82) is 0 Å². The maximum Gasteiger partial charge on any atom is 0.252 e. The molecule has 0 bridgehead atoms. The smallest absolute Gasteiger partial charge is 0.252 e. The minimum Gasteiger partial charge on any atom is -0.319 e. The fourth-order valence-corrected chi connectivity index (χ4v) is 2.24. The van der Waals surface area contributed by atoms with Gasteiger partial charge >= 0.3 is 0 Å². The molecular weight excluding hydrogens is 182 g/mol. The second-order valence-corrected chi connectivity index (χ2v) is 4.10. The Hall–Kier alpha value is -0.550. The Kier molecular flexibility index (Phi) is 1.50. The minimum atomic E-state index is -2.58. The molecule has 0 amide bonds. The van der Waals surface area contributed by atoms with E-state index in [1.54, 1.807) is 11.6 Å². The number of hydrogen-bond donors (Lipinski definition) is 1. The van der Waals surface area contributed by atoms with Crippen LogP contribution in [0.3, 0.4) is 0 Å². The monoisotopic (exact) mass is 190 g/mol. The quantitative estimate of drug-likeness (QED) is 0.732. The summed E-state index contributed by atoms with van der Waals surface area (Å²) in [5, 5.41) is 2.37. The third-order valence-corrected chi connectivity index (χ3v) is 3.00. The number of alkyl halides is 2. The first kappa shape index (κ1) is 8.07. The molecule has 5 heteroatoms. The zero-order chi connectivity index (χ0) is 8.82. The Morgan fingerprint density at radius 3 is 2.58 bits per heavy atom. The zero-order valence-corrected chi connectivity index (χ0v) is 7.07. The summed E-state index contributed by atoms with van der Waals surface area (Å²) in [4.78, 5) is 3.94. The van der Waals surface area contributed by atoms with Gasteiger partial charge in [0.15, 0.2) is 0 Å². The number of rotatable bonds is 1. The number of thiazole rings is 1. The van der Waals surface area contributed by atoms with Crippen molar-refractivity contribution in [2.24, 2.45) is 5.73 Å². The molecule has 0 aromatic carbocycles. The van der Waals surface area contributed by atoms with Crippen LogP contribution in [0, 0.1) is 0 Å². The van der Waals surface area contributed by atoms with Gasteiger partial charge in [0.05, 0.1) is 5.54 Å². The van der Waals surface area contributed by atoms with Crippen LogP contribution in [0.2, 0.25) is 0 Å².